The number of oxazole rings is 1. The fourth-order valence-corrected chi connectivity index (χ4v) is 4.22. The molecule has 0 bridgehead atoms. The highest BCUT2D eigenvalue weighted by Gasteiger charge is 2.23. The number of hydrogen-bond acceptors (Lipinski definition) is 5. The van der Waals surface area contributed by atoms with E-state index in [2.05, 4.69) is 34.1 Å². The molecule has 1 fully saturated rings. The van der Waals surface area contributed by atoms with Crippen LogP contribution in [-0.4, -0.2) is 53.3 Å². The third-order valence-corrected chi connectivity index (χ3v) is 6.04. The summed E-state index contributed by atoms with van der Waals surface area (Å²) in [5, 5.41) is 0. The maximum absolute atomic E-state index is 12.5. The van der Waals surface area contributed by atoms with Gasteiger partial charge in [0, 0.05) is 42.9 Å². The van der Waals surface area contributed by atoms with Gasteiger partial charge in [0.15, 0.2) is 11.5 Å². The molecule has 5 heteroatoms. The van der Waals surface area contributed by atoms with Gasteiger partial charge in [-0.05, 0) is 0 Å². The van der Waals surface area contributed by atoms with Crippen molar-refractivity contribution >= 4 is 5.78 Å². The molecule has 166 valence electrons. The molecule has 1 aliphatic rings. The van der Waals surface area contributed by atoms with E-state index < -0.39 is 0 Å². The highest BCUT2D eigenvalue weighted by Crippen LogP contribution is 2.33. The van der Waals surface area contributed by atoms with Crippen molar-refractivity contribution in [2.45, 2.75) is 6.54 Å². The number of aromatic nitrogens is 1. The van der Waals surface area contributed by atoms with Crippen LogP contribution >= 0.6 is 0 Å². The molecule has 1 saturated heterocycles. The zero-order chi connectivity index (χ0) is 22.5. The lowest BCUT2D eigenvalue weighted by atomic mass is 10.1. The lowest BCUT2D eigenvalue weighted by Gasteiger charge is -2.33. The van der Waals surface area contributed by atoms with E-state index in [1.165, 1.54) is 0 Å². The van der Waals surface area contributed by atoms with Gasteiger partial charge in [0.1, 0.15) is 5.69 Å². The first-order valence-corrected chi connectivity index (χ1v) is 11.4. The van der Waals surface area contributed by atoms with Crippen LogP contribution in [0.25, 0.3) is 22.6 Å². The molecular weight excluding hydrogens is 410 g/mol. The number of nitrogens with zero attached hydrogens (tertiary/aromatic N) is 3. The number of carbonyl (C=O) groups excluding carboxylic acids is 1. The number of carbonyl (C=O) groups is 1. The van der Waals surface area contributed by atoms with Gasteiger partial charge in [-0.15, -0.1) is 0 Å². The van der Waals surface area contributed by atoms with Gasteiger partial charge >= 0.3 is 0 Å². The summed E-state index contributed by atoms with van der Waals surface area (Å²) in [6, 6.07) is 29.9. The first-order valence-electron chi connectivity index (χ1n) is 11.4. The number of Topliss-reactive ketones (excluding diaryl/α,β-unsaturated/α-hetero) is 1. The van der Waals surface area contributed by atoms with Crippen LogP contribution in [-0.2, 0) is 6.54 Å². The minimum Gasteiger partial charge on any atom is -0.439 e. The average Bonchev–Trinajstić information content (AvgIpc) is 3.30. The van der Waals surface area contributed by atoms with Crippen molar-refractivity contribution in [3.05, 3.63) is 102 Å². The molecule has 5 nitrogen and oxygen atoms in total. The quantitative estimate of drug-likeness (QED) is 0.381. The Bertz CT molecular complexity index is 1120. The van der Waals surface area contributed by atoms with E-state index in [1.807, 2.05) is 66.7 Å². The number of benzene rings is 3. The Balaban J connectivity index is 1.26. The fraction of sp³-hybridized carbons (Fsp3) is 0.214. The number of hydrogen-bond donors (Lipinski definition) is 0. The van der Waals surface area contributed by atoms with Crippen molar-refractivity contribution in [1.29, 1.82) is 0 Å². The Morgan fingerprint density at radius 2 is 1.27 bits per heavy atom. The Labute approximate surface area is 194 Å². The molecule has 1 aromatic heterocycles. The molecule has 0 atom stereocenters. The van der Waals surface area contributed by atoms with Crippen molar-refractivity contribution in [1.82, 2.24) is 14.8 Å². The summed E-state index contributed by atoms with van der Waals surface area (Å²) in [6.07, 6.45) is 0. The monoisotopic (exact) mass is 437 g/mol. The van der Waals surface area contributed by atoms with Gasteiger partial charge in [-0.1, -0.05) is 91.0 Å². The Morgan fingerprint density at radius 1 is 0.727 bits per heavy atom. The molecule has 1 aliphatic heterocycles. The summed E-state index contributed by atoms with van der Waals surface area (Å²) in [5.41, 5.74) is 3.74. The molecule has 2 heterocycles. The topological polar surface area (TPSA) is 49.6 Å². The number of piperazine rings is 1. The predicted molar refractivity (Wildman–Crippen MR) is 130 cm³/mol. The highest BCUT2D eigenvalue weighted by atomic mass is 16.4. The molecule has 0 radical (unpaired) electrons. The summed E-state index contributed by atoms with van der Waals surface area (Å²) < 4.78 is 6.29. The van der Waals surface area contributed by atoms with E-state index in [9.17, 15) is 4.79 Å². The van der Waals surface area contributed by atoms with Crippen LogP contribution in [0.15, 0.2) is 95.4 Å². The molecule has 0 amide bonds. The van der Waals surface area contributed by atoms with Gasteiger partial charge in [-0.2, -0.15) is 0 Å². The van der Waals surface area contributed by atoms with Crippen LogP contribution in [0.5, 0.6) is 0 Å². The minimum absolute atomic E-state index is 0.178. The van der Waals surface area contributed by atoms with E-state index in [0.29, 0.717) is 13.1 Å². The lowest BCUT2D eigenvalue weighted by molar-refractivity contribution is 0.0831. The van der Waals surface area contributed by atoms with Crippen LogP contribution in [0.4, 0.5) is 0 Å². The standard InChI is InChI=1S/C28H27N3O2/c32-25(22-10-4-1-5-11-22)20-30-16-18-31(19-17-30)21-26-29-27(23-12-6-2-7-13-23)28(33-26)24-14-8-3-9-15-24/h1-15H,16-21H2. The Morgan fingerprint density at radius 3 is 1.91 bits per heavy atom. The number of ketones is 1. The lowest BCUT2D eigenvalue weighted by Crippen LogP contribution is -2.47. The molecule has 0 unspecified atom stereocenters. The summed E-state index contributed by atoms with van der Waals surface area (Å²) in [6.45, 7) is 4.60. The van der Waals surface area contributed by atoms with Gasteiger partial charge in [0.05, 0.1) is 13.1 Å². The second-order valence-corrected chi connectivity index (χ2v) is 8.36. The van der Waals surface area contributed by atoms with Gasteiger partial charge in [-0.25, -0.2) is 4.98 Å². The fourth-order valence-electron chi connectivity index (χ4n) is 4.22. The molecule has 5 rings (SSSR count). The third kappa shape index (κ3) is 5.11. The van der Waals surface area contributed by atoms with Crippen molar-refractivity contribution in [2.24, 2.45) is 0 Å². The summed E-state index contributed by atoms with van der Waals surface area (Å²) in [5.74, 6) is 1.71. The first kappa shape index (κ1) is 21.3. The van der Waals surface area contributed by atoms with Crippen LogP contribution in [0.1, 0.15) is 16.2 Å². The zero-order valence-corrected chi connectivity index (χ0v) is 18.6. The van der Waals surface area contributed by atoms with Crippen molar-refractivity contribution < 1.29 is 9.21 Å². The largest absolute Gasteiger partial charge is 0.439 e. The normalized spacial score (nSPS) is 14.9. The molecule has 3 aromatic carbocycles. The van der Waals surface area contributed by atoms with Crippen molar-refractivity contribution in [3.8, 4) is 22.6 Å². The van der Waals surface area contributed by atoms with Gasteiger partial charge < -0.3 is 4.42 Å². The second kappa shape index (κ2) is 9.94. The zero-order valence-electron chi connectivity index (χ0n) is 18.6. The van der Waals surface area contributed by atoms with E-state index >= 15 is 0 Å². The SMILES string of the molecule is O=C(CN1CCN(Cc2nc(-c3ccccc3)c(-c3ccccc3)o2)CC1)c1ccccc1. The van der Waals surface area contributed by atoms with Gasteiger partial charge in [-0.3, -0.25) is 14.6 Å². The van der Waals surface area contributed by atoms with Gasteiger partial charge in [0.25, 0.3) is 0 Å². The number of rotatable bonds is 7. The van der Waals surface area contributed by atoms with Crippen LogP contribution in [0.2, 0.25) is 0 Å². The molecule has 4 aromatic rings. The third-order valence-electron chi connectivity index (χ3n) is 6.04. The van der Waals surface area contributed by atoms with Crippen LogP contribution in [0.3, 0.4) is 0 Å². The second-order valence-electron chi connectivity index (χ2n) is 8.36. The van der Waals surface area contributed by atoms with Crippen LogP contribution < -0.4 is 0 Å². The predicted octanol–water partition coefficient (Wildman–Crippen LogP) is 5.01. The van der Waals surface area contributed by atoms with Gasteiger partial charge in [0.2, 0.25) is 5.89 Å². The Hall–Kier alpha value is -3.54. The summed E-state index contributed by atoms with van der Waals surface area (Å²) >= 11 is 0. The summed E-state index contributed by atoms with van der Waals surface area (Å²) in [4.78, 5) is 22.0. The van der Waals surface area contributed by atoms with Crippen molar-refractivity contribution in [3.63, 3.8) is 0 Å². The molecule has 33 heavy (non-hydrogen) atoms. The molecule has 0 aliphatic carbocycles. The highest BCUT2D eigenvalue weighted by molar-refractivity contribution is 5.97. The maximum Gasteiger partial charge on any atom is 0.209 e. The summed E-state index contributed by atoms with van der Waals surface area (Å²) in [7, 11) is 0. The smallest absolute Gasteiger partial charge is 0.209 e. The van der Waals surface area contributed by atoms with Crippen molar-refractivity contribution in [2.75, 3.05) is 32.7 Å². The average molecular weight is 438 g/mol. The molecular formula is C28H27N3O2. The maximum atomic E-state index is 12.5. The van der Waals surface area contributed by atoms with E-state index in [4.69, 9.17) is 9.40 Å². The molecule has 0 saturated carbocycles. The van der Waals surface area contributed by atoms with E-state index in [0.717, 1.165) is 60.2 Å². The minimum atomic E-state index is 0.178. The van der Waals surface area contributed by atoms with Crippen LogP contribution in [0, 0.1) is 0 Å². The molecule has 0 N–H and O–H groups in total. The van der Waals surface area contributed by atoms with E-state index in [-0.39, 0.29) is 5.78 Å². The van der Waals surface area contributed by atoms with E-state index in [1.54, 1.807) is 0 Å². The molecule has 0 spiro atoms. The first-order chi connectivity index (χ1) is 16.3. The Kier molecular flexibility index (Phi) is 6.42.